The minimum Gasteiger partial charge on any atom is -0.497 e. The summed E-state index contributed by atoms with van der Waals surface area (Å²) in [6.07, 6.45) is -0.670. The van der Waals surface area contributed by atoms with Crippen LogP contribution in [0.15, 0.2) is 40.9 Å². The van der Waals surface area contributed by atoms with E-state index in [1.54, 1.807) is 39.3 Å². The van der Waals surface area contributed by atoms with Crippen LogP contribution in [0.2, 0.25) is 0 Å². The van der Waals surface area contributed by atoms with E-state index in [0.29, 0.717) is 28.6 Å². The van der Waals surface area contributed by atoms with Gasteiger partial charge in [0.05, 0.1) is 26.3 Å². The second-order valence-electron chi connectivity index (χ2n) is 6.80. The lowest BCUT2D eigenvalue weighted by atomic mass is 10.1. The first-order chi connectivity index (χ1) is 14.4. The highest BCUT2D eigenvalue weighted by Gasteiger charge is 2.18. The van der Waals surface area contributed by atoms with Crippen molar-refractivity contribution in [2.24, 2.45) is 0 Å². The first kappa shape index (κ1) is 21.2. The molecular weight excluding hydrogens is 386 g/mol. The van der Waals surface area contributed by atoms with Crippen LogP contribution in [0.5, 0.6) is 17.2 Å². The van der Waals surface area contributed by atoms with Crippen LogP contribution in [-0.2, 0) is 11.3 Å². The van der Waals surface area contributed by atoms with E-state index in [1.165, 1.54) is 5.56 Å². The zero-order valence-corrected chi connectivity index (χ0v) is 17.7. The van der Waals surface area contributed by atoms with Gasteiger partial charge in [-0.3, -0.25) is 4.79 Å². The molecule has 1 atom stereocenters. The molecule has 0 bridgehead atoms. The third kappa shape index (κ3) is 4.89. The summed E-state index contributed by atoms with van der Waals surface area (Å²) in [5, 5.41) is 6.71. The lowest BCUT2D eigenvalue weighted by Crippen LogP contribution is -2.36. The number of hydrogen-bond donors (Lipinski definition) is 1. The van der Waals surface area contributed by atoms with E-state index in [9.17, 15) is 4.79 Å². The summed E-state index contributed by atoms with van der Waals surface area (Å²) in [5.74, 6) is 2.21. The lowest BCUT2D eigenvalue weighted by Gasteiger charge is -2.15. The second-order valence-corrected chi connectivity index (χ2v) is 6.80. The number of carbonyl (C=O) groups is 1. The smallest absolute Gasteiger partial charge is 0.261 e. The quantitative estimate of drug-likeness (QED) is 0.606. The van der Waals surface area contributed by atoms with Crippen LogP contribution in [-0.4, -0.2) is 36.4 Å². The fraction of sp³-hybridized carbons (Fsp3) is 0.318. The molecule has 3 rings (SSSR count). The molecule has 1 aromatic heterocycles. The molecule has 30 heavy (non-hydrogen) atoms. The number of rotatable bonds is 8. The molecule has 0 fully saturated rings. The predicted molar refractivity (Wildman–Crippen MR) is 111 cm³/mol. The molecule has 8 heteroatoms. The molecule has 1 unspecified atom stereocenters. The highest BCUT2D eigenvalue weighted by atomic mass is 16.5. The molecule has 0 aliphatic carbocycles. The minimum atomic E-state index is -0.670. The zero-order valence-electron chi connectivity index (χ0n) is 17.7. The second kappa shape index (κ2) is 9.30. The van der Waals surface area contributed by atoms with Crippen LogP contribution >= 0.6 is 0 Å². The van der Waals surface area contributed by atoms with Gasteiger partial charge in [-0.05, 0) is 56.2 Å². The molecule has 158 valence electrons. The number of hydrogen-bond acceptors (Lipinski definition) is 7. The van der Waals surface area contributed by atoms with Crippen LogP contribution in [0.1, 0.15) is 23.9 Å². The standard InChI is InChI=1S/C22H25N3O5/c1-13-6-7-17(10-14(13)2)29-15(3)22(26)23-12-20-24-21(25-30-20)18-9-8-16(27-4)11-19(18)28-5/h6-11,15H,12H2,1-5H3,(H,23,26). The Labute approximate surface area is 175 Å². The summed E-state index contributed by atoms with van der Waals surface area (Å²) in [6.45, 7) is 5.80. The Balaban J connectivity index is 1.61. The number of benzene rings is 2. The Bertz CT molecular complexity index is 1030. The van der Waals surface area contributed by atoms with Crippen molar-refractivity contribution in [3.8, 4) is 28.6 Å². The summed E-state index contributed by atoms with van der Waals surface area (Å²) >= 11 is 0. The molecule has 0 saturated carbocycles. The summed E-state index contributed by atoms with van der Waals surface area (Å²) in [5.41, 5.74) is 2.93. The lowest BCUT2D eigenvalue weighted by molar-refractivity contribution is -0.127. The number of methoxy groups -OCH3 is 2. The van der Waals surface area contributed by atoms with Gasteiger partial charge in [0.1, 0.15) is 17.2 Å². The molecule has 0 saturated heterocycles. The van der Waals surface area contributed by atoms with Gasteiger partial charge in [-0.15, -0.1) is 0 Å². The zero-order chi connectivity index (χ0) is 21.7. The van der Waals surface area contributed by atoms with Gasteiger partial charge in [-0.2, -0.15) is 4.98 Å². The Morgan fingerprint density at radius 2 is 1.83 bits per heavy atom. The molecule has 0 aliphatic heterocycles. The molecule has 0 radical (unpaired) electrons. The molecule has 0 spiro atoms. The third-order valence-corrected chi connectivity index (χ3v) is 4.69. The van der Waals surface area contributed by atoms with E-state index in [2.05, 4.69) is 15.5 Å². The van der Waals surface area contributed by atoms with Crippen molar-refractivity contribution < 1.29 is 23.5 Å². The van der Waals surface area contributed by atoms with E-state index in [-0.39, 0.29) is 18.3 Å². The number of nitrogens with zero attached hydrogens (tertiary/aromatic N) is 2. The number of ether oxygens (including phenoxy) is 3. The van der Waals surface area contributed by atoms with Crippen LogP contribution < -0.4 is 19.5 Å². The highest BCUT2D eigenvalue weighted by molar-refractivity contribution is 5.80. The first-order valence-electron chi connectivity index (χ1n) is 9.48. The van der Waals surface area contributed by atoms with E-state index >= 15 is 0 Å². The molecule has 1 amide bonds. The van der Waals surface area contributed by atoms with E-state index in [4.69, 9.17) is 18.7 Å². The maximum absolute atomic E-state index is 12.4. The van der Waals surface area contributed by atoms with Crippen LogP contribution in [0.3, 0.4) is 0 Å². The van der Waals surface area contributed by atoms with Crippen molar-refractivity contribution in [3.63, 3.8) is 0 Å². The molecule has 8 nitrogen and oxygen atoms in total. The van der Waals surface area contributed by atoms with Gasteiger partial charge in [0.25, 0.3) is 5.91 Å². The maximum Gasteiger partial charge on any atom is 0.261 e. The number of amides is 1. The summed E-state index contributed by atoms with van der Waals surface area (Å²) in [6, 6.07) is 11.0. The van der Waals surface area contributed by atoms with Gasteiger partial charge in [-0.25, -0.2) is 0 Å². The number of aromatic nitrogens is 2. The molecular formula is C22H25N3O5. The maximum atomic E-state index is 12.4. The average Bonchev–Trinajstić information content (AvgIpc) is 3.22. The van der Waals surface area contributed by atoms with Crippen molar-refractivity contribution in [2.75, 3.05) is 14.2 Å². The molecule has 0 aliphatic rings. The van der Waals surface area contributed by atoms with Gasteiger partial charge in [-0.1, -0.05) is 11.2 Å². The number of aryl methyl sites for hydroxylation is 2. The summed E-state index contributed by atoms with van der Waals surface area (Å²) in [7, 11) is 3.13. The van der Waals surface area contributed by atoms with Crippen LogP contribution in [0.25, 0.3) is 11.4 Å². The molecule has 3 aromatic rings. The Morgan fingerprint density at radius 1 is 1.07 bits per heavy atom. The summed E-state index contributed by atoms with van der Waals surface area (Å²) in [4.78, 5) is 16.7. The molecule has 1 heterocycles. The third-order valence-electron chi connectivity index (χ3n) is 4.69. The van der Waals surface area contributed by atoms with Gasteiger partial charge >= 0.3 is 0 Å². The largest absolute Gasteiger partial charge is 0.497 e. The summed E-state index contributed by atoms with van der Waals surface area (Å²) < 4.78 is 21.5. The van der Waals surface area contributed by atoms with E-state index in [0.717, 1.165) is 5.56 Å². The highest BCUT2D eigenvalue weighted by Crippen LogP contribution is 2.31. The topological polar surface area (TPSA) is 95.7 Å². The average molecular weight is 411 g/mol. The number of carbonyl (C=O) groups excluding carboxylic acids is 1. The van der Waals surface area contributed by atoms with Crippen molar-refractivity contribution in [1.29, 1.82) is 0 Å². The fourth-order valence-electron chi connectivity index (χ4n) is 2.77. The van der Waals surface area contributed by atoms with E-state index < -0.39 is 6.10 Å². The van der Waals surface area contributed by atoms with E-state index in [1.807, 2.05) is 32.0 Å². The normalized spacial score (nSPS) is 11.6. The minimum absolute atomic E-state index is 0.0882. The van der Waals surface area contributed by atoms with Crippen molar-refractivity contribution in [3.05, 3.63) is 53.4 Å². The predicted octanol–water partition coefficient (Wildman–Crippen LogP) is 3.45. The van der Waals surface area contributed by atoms with Crippen molar-refractivity contribution in [2.45, 2.75) is 33.4 Å². The Hall–Kier alpha value is -3.55. The monoisotopic (exact) mass is 411 g/mol. The molecule has 1 N–H and O–H groups in total. The van der Waals surface area contributed by atoms with Crippen LogP contribution in [0, 0.1) is 13.8 Å². The fourth-order valence-corrected chi connectivity index (χ4v) is 2.77. The molecule has 2 aromatic carbocycles. The van der Waals surface area contributed by atoms with Gasteiger partial charge < -0.3 is 24.1 Å². The Kier molecular flexibility index (Phi) is 6.56. The SMILES string of the molecule is COc1ccc(-c2noc(CNC(=O)C(C)Oc3ccc(C)c(C)c3)n2)c(OC)c1. The first-order valence-corrected chi connectivity index (χ1v) is 9.48. The Morgan fingerprint density at radius 3 is 2.53 bits per heavy atom. The van der Waals surface area contributed by atoms with Gasteiger partial charge in [0, 0.05) is 6.07 Å². The van der Waals surface area contributed by atoms with Gasteiger partial charge in [0.2, 0.25) is 11.7 Å². The van der Waals surface area contributed by atoms with Crippen molar-refractivity contribution >= 4 is 5.91 Å². The number of nitrogens with one attached hydrogen (secondary N) is 1. The van der Waals surface area contributed by atoms with Gasteiger partial charge in [0.15, 0.2) is 6.10 Å². The van der Waals surface area contributed by atoms with Crippen molar-refractivity contribution in [1.82, 2.24) is 15.5 Å². The van der Waals surface area contributed by atoms with Crippen LogP contribution in [0.4, 0.5) is 0 Å².